The number of phenolic OH excluding ortho intramolecular Hbond substituents is 1. The summed E-state index contributed by atoms with van der Waals surface area (Å²) in [4.78, 5) is 0. The normalized spacial score (nSPS) is 15.7. The first-order chi connectivity index (χ1) is 13.8. The molecule has 0 heterocycles. The van der Waals surface area contributed by atoms with Gasteiger partial charge in [0.15, 0.2) is 0 Å². The van der Waals surface area contributed by atoms with E-state index in [1.165, 1.54) is 27.8 Å². The summed E-state index contributed by atoms with van der Waals surface area (Å²) in [5.74, 6) is 2.34. The van der Waals surface area contributed by atoms with Gasteiger partial charge in [-0.2, -0.15) is 0 Å². The van der Waals surface area contributed by atoms with E-state index in [0.29, 0.717) is 29.4 Å². The molecular weight excluding hydrogens is 352 g/mol. The molecule has 0 saturated carbocycles. The first kappa shape index (κ1) is 23.5. The molecule has 1 nitrogen and oxygen atoms in total. The summed E-state index contributed by atoms with van der Waals surface area (Å²) in [5, 5.41) is 11.2. The summed E-state index contributed by atoms with van der Waals surface area (Å²) in [6.45, 7) is 18.1. The van der Waals surface area contributed by atoms with Crippen molar-refractivity contribution in [2.45, 2.75) is 105 Å². The average molecular weight is 395 g/mol. The molecule has 1 N–H and O–H groups in total. The minimum atomic E-state index is 0.416. The second kappa shape index (κ2) is 10.3. The number of hydrogen-bond acceptors (Lipinski definition) is 1. The van der Waals surface area contributed by atoms with Crippen LogP contribution in [0.25, 0.3) is 11.1 Å². The molecule has 160 valence electrons. The summed E-state index contributed by atoms with van der Waals surface area (Å²) in [6.07, 6.45) is 4.40. The zero-order chi connectivity index (χ0) is 21.7. The maximum absolute atomic E-state index is 11.2. The van der Waals surface area contributed by atoms with Gasteiger partial charge in [-0.05, 0) is 83.2 Å². The van der Waals surface area contributed by atoms with Gasteiger partial charge in [0.25, 0.3) is 0 Å². The molecular formula is C28H42O. The van der Waals surface area contributed by atoms with Crippen LogP contribution >= 0.6 is 0 Å². The fraction of sp³-hybridized carbons (Fsp3) is 0.571. The number of aromatic hydroxyl groups is 1. The van der Waals surface area contributed by atoms with Crippen LogP contribution in [-0.2, 0) is 0 Å². The highest BCUT2D eigenvalue weighted by Gasteiger charge is 2.22. The van der Waals surface area contributed by atoms with Crippen LogP contribution in [0.5, 0.6) is 5.75 Å². The lowest BCUT2D eigenvalue weighted by Crippen LogP contribution is -2.04. The van der Waals surface area contributed by atoms with E-state index in [9.17, 15) is 5.11 Å². The van der Waals surface area contributed by atoms with Gasteiger partial charge in [-0.25, -0.2) is 0 Å². The molecule has 4 atom stereocenters. The Hall–Kier alpha value is -1.76. The third-order valence-corrected chi connectivity index (χ3v) is 7.16. The van der Waals surface area contributed by atoms with Gasteiger partial charge in [0.05, 0.1) is 0 Å². The van der Waals surface area contributed by atoms with Gasteiger partial charge in [-0.1, -0.05) is 79.7 Å². The van der Waals surface area contributed by atoms with Crippen molar-refractivity contribution >= 4 is 0 Å². The molecule has 0 fully saturated rings. The van der Waals surface area contributed by atoms with Gasteiger partial charge in [-0.15, -0.1) is 0 Å². The first-order valence-corrected chi connectivity index (χ1v) is 11.8. The second-order valence-electron chi connectivity index (χ2n) is 9.09. The minimum Gasteiger partial charge on any atom is -0.507 e. The third-order valence-electron chi connectivity index (χ3n) is 7.16. The molecule has 0 spiro atoms. The molecule has 4 unspecified atom stereocenters. The van der Waals surface area contributed by atoms with Gasteiger partial charge in [-0.3, -0.25) is 0 Å². The minimum absolute atomic E-state index is 0.416. The topological polar surface area (TPSA) is 20.2 Å². The van der Waals surface area contributed by atoms with Crippen LogP contribution < -0.4 is 0 Å². The monoisotopic (exact) mass is 394 g/mol. The summed E-state index contributed by atoms with van der Waals surface area (Å²) in [6, 6.07) is 11.3. The summed E-state index contributed by atoms with van der Waals surface area (Å²) in [7, 11) is 0. The fourth-order valence-electron chi connectivity index (χ4n) is 4.07. The second-order valence-corrected chi connectivity index (χ2v) is 9.09. The predicted octanol–water partition coefficient (Wildman–Crippen LogP) is 9.11. The summed E-state index contributed by atoms with van der Waals surface area (Å²) >= 11 is 0. The molecule has 0 bridgehead atoms. The van der Waals surface area contributed by atoms with Crippen LogP contribution in [0.15, 0.2) is 30.3 Å². The molecule has 2 rings (SSSR count). The predicted molar refractivity (Wildman–Crippen MR) is 128 cm³/mol. The van der Waals surface area contributed by atoms with Crippen LogP contribution in [0.1, 0.15) is 127 Å². The molecule has 2 aromatic rings. The molecule has 0 aliphatic carbocycles. The van der Waals surface area contributed by atoms with E-state index in [0.717, 1.165) is 31.2 Å². The maximum Gasteiger partial charge on any atom is 0.123 e. The van der Waals surface area contributed by atoms with Crippen molar-refractivity contribution in [3.63, 3.8) is 0 Å². The van der Waals surface area contributed by atoms with Crippen LogP contribution in [0.2, 0.25) is 0 Å². The largest absolute Gasteiger partial charge is 0.507 e. The number of rotatable bonds is 9. The highest BCUT2D eigenvalue weighted by atomic mass is 16.3. The molecule has 0 radical (unpaired) electrons. The Morgan fingerprint density at radius 2 is 1.10 bits per heavy atom. The van der Waals surface area contributed by atoms with E-state index < -0.39 is 0 Å². The zero-order valence-electron chi connectivity index (χ0n) is 20.0. The Morgan fingerprint density at radius 3 is 1.66 bits per heavy atom. The fourth-order valence-corrected chi connectivity index (χ4v) is 4.07. The molecule has 1 heteroatoms. The summed E-state index contributed by atoms with van der Waals surface area (Å²) in [5.41, 5.74) is 7.61. The lowest BCUT2D eigenvalue weighted by molar-refractivity contribution is 0.474. The Labute approximate surface area is 179 Å². The lowest BCUT2D eigenvalue weighted by Gasteiger charge is -2.25. The van der Waals surface area contributed by atoms with E-state index in [1.807, 2.05) is 6.07 Å². The standard InChI is InChI=1S/C28H42O/c1-9-18(5)22-13-14-24(25(15-22)20(7)11-3)28-26(21(8)12-4)16-23(17-27(28)29)19(6)10-2/h13-21,29H,9-12H2,1-8H3. The van der Waals surface area contributed by atoms with Crippen molar-refractivity contribution in [1.29, 1.82) is 0 Å². The molecule has 0 aromatic heterocycles. The van der Waals surface area contributed by atoms with E-state index in [1.54, 1.807) is 0 Å². The third kappa shape index (κ3) is 5.05. The van der Waals surface area contributed by atoms with Gasteiger partial charge in [0.1, 0.15) is 5.75 Å². The van der Waals surface area contributed by atoms with Crippen LogP contribution in [-0.4, -0.2) is 5.11 Å². The molecule has 29 heavy (non-hydrogen) atoms. The molecule has 2 aromatic carbocycles. The van der Waals surface area contributed by atoms with Gasteiger partial charge in [0, 0.05) is 5.56 Å². The van der Waals surface area contributed by atoms with Crippen LogP contribution in [0.3, 0.4) is 0 Å². The molecule has 0 aliphatic rings. The van der Waals surface area contributed by atoms with E-state index in [2.05, 4.69) is 79.7 Å². The highest BCUT2D eigenvalue weighted by molar-refractivity contribution is 5.78. The van der Waals surface area contributed by atoms with Crippen molar-refractivity contribution in [3.8, 4) is 16.9 Å². The quantitative estimate of drug-likeness (QED) is 0.449. The van der Waals surface area contributed by atoms with Crippen molar-refractivity contribution < 1.29 is 5.11 Å². The number of benzene rings is 2. The Morgan fingerprint density at radius 1 is 0.621 bits per heavy atom. The van der Waals surface area contributed by atoms with E-state index >= 15 is 0 Å². The van der Waals surface area contributed by atoms with Gasteiger partial charge >= 0.3 is 0 Å². The highest BCUT2D eigenvalue weighted by Crippen LogP contribution is 2.44. The Kier molecular flexibility index (Phi) is 8.37. The van der Waals surface area contributed by atoms with E-state index in [-0.39, 0.29) is 0 Å². The SMILES string of the molecule is CCC(C)c1ccc(-c2c(O)cc(C(C)CC)cc2C(C)CC)c(C(C)CC)c1. The maximum atomic E-state index is 11.2. The molecule has 0 saturated heterocycles. The van der Waals surface area contributed by atoms with Crippen molar-refractivity contribution in [2.75, 3.05) is 0 Å². The Balaban J connectivity index is 2.78. The van der Waals surface area contributed by atoms with Gasteiger partial charge in [0.2, 0.25) is 0 Å². The number of hydrogen-bond donors (Lipinski definition) is 1. The Bertz CT molecular complexity index is 804. The summed E-state index contributed by atoms with van der Waals surface area (Å²) < 4.78 is 0. The van der Waals surface area contributed by atoms with Crippen molar-refractivity contribution in [3.05, 3.63) is 52.6 Å². The van der Waals surface area contributed by atoms with Crippen molar-refractivity contribution in [2.24, 2.45) is 0 Å². The van der Waals surface area contributed by atoms with Crippen molar-refractivity contribution in [1.82, 2.24) is 0 Å². The number of phenols is 1. The average Bonchev–Trinajstić information content (AvgIpc) is 2.75. The zero-order valence-corrected chi connectivity index (χ0v) is 20.0. The molecule has 0 aliphatic heterocycles. The van der Waals surface area contributed by atoms with Crippen LogP contribution in [0.4, 0.5) is 0 Å². The lowest BCUT2D eigenvalue weighted by atomic mass is 9.80. The first-order valence-electron chi connectivity index (χ1n) is 11.8. The van der Waals surface area contributed by atoms with Gasteiger partial charge < -0.3 is 5.11 Å². The van der Waals surface area contributed by atoms with Crippen LogP contribution in [0, 0.1) is 0 Å². The smallest absolute Gasteiger partial charge is 0.123 e. The van der Waals surface area contributed by atoms with E-state index in [4.69, 9.17) is 0 Å². The molecule has 0 amide bonds.